The second-order valence-electron chi connectivity index (χ2n) is 6.44. The first kappa shape index (κ1) is 16.6. The molecule has 2 atom stereocenters. The van der Waals surface area contributed by atoms with Gasteiger partial charge in [0, 0.05) is 46.3 Å². The second kappa shape index (κ2) is 8.59. The first-order valence-corrected chi connectivity index (χ1v) is 8.44. The smallest absolute Gasteiger partial charge is 0.193 e. The molecule has 0 spiro atoms. The SMILES string of the molecule is CCN1CCCC(CNC(=NC)N(C)CC2CCOC2)C1. The number of guanidine groups is 1. The lowest BCUT2D eigenvalue weighted by Crippen LogP contribution is -2.46. The summed E-state index contributed by atoms with van der Waals surface area (Å²) in [5, 5.41) is 3.57. The molecule has 0 bridgehead atoms. The van der Waals surface area contributed by atoms with Crippen molar-refractivity contribution in [3.8, 4) is 0 Å². The van der Waals surface area contributed by atoms with Gasteiger partial charge in [-0.15, -0.1) is 0 Å². The Balaban J connectivity index is 1.73. The van der Waals surface area contributed by atoms with Crippen molar-refractivity contribution in [2.75, 3.05) is 60.0 Å². The molecule has 5 heteroatoms. The topological polar surface area (TPSA) is 40.1 Å². The van der Waals surface area contributed by atoms with Crippen molar-refractivity contribution in [3.05, 3.63) is 0 Å². The van der Waals surface area contributed by atoms with E-state index < -0.39 is 0 Å². The van der Waals surface area contributed by atoms with E-state index in [0.717, 1.165) is 38.2 Å². The molecule has 0 saturated carbocycles. The second-order valence-corrected chi connectivity index (χ2v) is 6.44. The van der Waals surface area contributed by atoms with Crippen molar-refractivity contribution < 1.29 is 4.74 Å². The third-order valence-electron chi connectivity index (χ3n) is 4.73. The molecule has 0 aromatic carbocycles. The first-order chi connectivity index (χ1) is 10.2. The number of likely N-dealkylation sites (tertiary alicyclic amines) is 1. The summed E-state index contributed by atoms with van der Waals surface area (Å²) >= 11 is 0. The summed E-state index contributed by atoms with van der Waals surface area (Å²) in [6.45, 7) is 9.80. The van der Waals surface area contributed by atoms with Gasteiger partial charge in [-0.05, 0) is 38.3 Å². The Kier molecular flexibility index (Phi) is 6.77. The zero-order valence-corrected chi connectivity index (χ0v) is 14.0. The molecule has 122 valence electrons. The van der Waals surface area contributed by atoms with Crippen LogP contribution in [0.25, 0.3) is 0 Å². The van der Waals surface area contributed by atoms with E-state index in [2.05, 4.69) is 34.1 Å². The van der Waals surface area contributed by atoms with Crippen LogP contribution in [-0.2, 0) is 4.74 Å². The van der Waals surface area contributed by atoms with E-state index >= 15 is 0 Å². The summed E-state index contributed by atoms with van der Waals surface area (Å²) in [6.07, 6.45) is 3.84. The van der Waals surface area contributed by atoms with E-state index in [4.69, 9.17) is 4.74 Å². The van der Waals surface area contributed by atoms with Crippen molar-refractivity contribution in [2.24, 2.45) is 16.8 Å². The average Bonchev–Trinajstić information content (AvgIpc) is 3.01. The highest BCUT2D eigenvalue weighted by molar-refractivity contribution is 5.79. The Morgan fingerprint density at radius 2 is 2.24 bits per heavy atom. The molecule has 2 heterocycles. The van der Waals surface area contributed by atoms with E-state index in [9.17, 15) is 0 Å². The number of piperidine rings is 1. The van der Waals surface area contributed by atoms with Crippen LogP contribution in [0, 0.1) is 11.8 Å². The Hall–Kier alpha value is -0.810. The van der Waals surface area contributed by atoms with Crippen LogP contribution >= 0.6 is 0 Å². The van der Waals surface area contributed by atoms with Crippen LogP contribution in [0.15, 0.2) is 4.99 Å². The number of hydrogen-bond acceptors (Lipinski definition) is 3. The van der Waals surface area contributed by atoms with Gasteiger partial charge in [0.2, 0.25) is 0 Å². The number of aliphatic imine (C=N–C) groups is 1. The van der Waals surface area contributed by atoms with Crippen molar-refractivity contribution in [2.45, 2.75) is 26.2 Å². The van der Waals surface area contributed by atoms with E-state index in [0.29, 0.717) is 5.92 Å². The quantitative estimate of drug-likeness (QED) is 0.612. The molecule has 21 heavy (non-hydrogen) atoms. The van der Waals surface area contributed by atoms with Gasteiger partial charge in [0.05, 0.1) is 6.61 Å². The van der Waals surface area contributed by atoms with Crippen LogP contribution < -0.4 is 5.32 Å². The number of nitrogens with zero attached hydrogens (tertiary/aromatic N) is 3. The predicted octanol–water partition coefficient (Wildman–Crippen LogP) is 1.26. The molecule has 0 aromatic rings. The summed E-state index contributed by atoms with van der Waals surface area (Å²) in [6, 6.07) is 0. The van der Waals surface area contributed by atoms with E-state index in [-0.39, 0.29) is 0 Å². The summed E-state index contributed by atoms with van der Waals surface area (Å²) in [5.41, 5.74) is 0. The van der Waals surface area contributed by atoms with Crippen molar-refractivity contribution in [3.63, 3.8) is 0 Å². The van der Waals surface area contributed by atoms with E-state index in [1.807, 2.05) is 7.05 Å². The maximum absolute atomic E-state index is 5.46. The predicted molar refractivity (Wildman–Crippen MR) is 87.8 cm³/mol. The van der Waals surface area contributed by atoms with Gasteiger partial charge >= 0.3 is 0 Å². The first-order valence-electron chi connectivity index (χ1n) is 8.44. The summed E-state index contributed by atoms with van der Waals surface area (Å²) in [4.78, 5) is 9.23. The third kappa shape index (κ3) is 5.15. The molecular formula is C16H32N4O. The Morgan fingerprint density at radius 1 is 1.38 bits per heavy atom. The Labute approximate surface area is 129 Å². The summed E-state index contributed by atoms with van der Waals surface area (Å²) in [7, 11) is 4.01. The van der Waals surface area contributed by atoms with Crippen LogP contribution in [0.2, 0.25) is 0 Å². The minimum absolute atomic E-state index is 0.652. The van der Waals surface area contributed by atoms with Crippen molar-refractivity contribution >= 4 is 5.96 Å². The lowest BCUT2D eigenvalue weighted by atomic mass is 9.98. The average molecular weight is 296 g/mol. The lowest BCUT2D eigenvalue weighted by Gasteiger charge is -2.33. The number of hydrogen-bond donors (Lipinski definition) is 1. The molecule has 5 nitrogen and oxygen atoms in total. The molecule has 0 amide bonds. The van der Waals surface area contributed by atoms with Crippen LogP contribution in [0.3, 0.4) is 0 Å². The fourth-order valence-corrected chi connectivity index (χ4v) is 3.43. The molecule has 2 aliphatic rings. The van der Waals surface area contributed by atoms with E-state index in [1.165, 1.54) is 38.9 Å². The van der Waals surface area contributed by atoms with Crippen LogP contribution in [0.5, 0.6) is 0 Å². The molecule has 0 aliphatic carbocycles. The Morgan fingerprint density at radius 3 is 2.90 bits per heavy atom. The van der Waals surface area contributed by atoms with Crippen LogP contribution in [-0.4, -0.2) is 75.8 Å². The molecule has 2 unspecified atom stereocenters. The summed E-state index contributed by atoms with van der Waals surface area (Å²) in [5.74, 6) is 2.42. The van der Waals surface area contributed by atoms with Gasteiger partial charge in [0.15, 0.2) is 5.96 Å². The monoisotopic (exact) mass is 296 g/mol. The molecule has 0 radical (unpaired) electrons. The van der Waals surface area contributed by atoms with Crippen LogP contribution in [0.1, 0.15) is 26.2 Å². The minimum Gasteiger partial charge on any atom is -0.381 e. The van der Waals surface area contributed by atoms with Crippen LogP contribution in [0.4, 0.5) is 0 Å². The number of nitrogens with one attached hydrogen (secondary N) is 1. The highest BCUT2D eigenvalue weighted by atomic mass is 16.5. The molecule has 0 aromatic heterocycles. The zero-order valence-electron chi connectivity index (χ0n) is 14.0. The van der Waals surface area contributed by atoms with Crippen molar-refractivity contribution in [1.29, 1.82) is 0 Å². The van der Waals surface area contributed by atoms with Gasteiger partial charge in [-0.1, -0.05) is 6.92 Å². The van der Waals surface area contributed by atoms with Gasteiger partial charge in [0.1, 0.15) is 0 Å². The molecule has 2 rings (SSSR count). The molecule has 2 saturated heterocycles. The third-order valence-corrected chi connectivity index (χ3v) is 4.73. The van der Waals surface area contributed by atoms with E-state index in [1.54, 1.807) is 0 Å². The highest BCUT2D eigenvalue weighted by Gasteiger charge is 2.21. The normalized spacial score (nSPS) is 27.9. The standard InChI is InChI=1S/C16H32N4O/c1-4-20-8-5-6-14(12-20)10-18-16(17-2)19(3)11-15-7-9-21-13-15/h14-15H,4-13H2,1-3H3,(H,17,18). The van der Waals surface area contributed by atoms with Gasteiger partial charge in [-0.3, -0.25) is 4.99 Å². The Bertz CT molecular complexity index is 328. The van der Waals surface area contributed by atoms with Gasteiger partial charge < -0.3 is 19.9 Å². The maximum Gasteiger partial charge on any atom is 0.193 e. The lowest BCUT2D eigenvalue weighted by molar-refractivity contribution is 0.179. The zero-order chi connectivity index (χ0) is 15.1. The fraction of sp³-hybridized carbons (Fsp3) is 0.938. The van der Waals surface area contributed by atoms with Gasteiger partial charge in [-0.2, -0.15) is 0 Å². The number of ether oxygens (including phenoxy) is 1. The maximum atomic E-state index is 5.46. The molecular weight excluding hydrogens is 264 g/mol. The van der Waals surface area contributed by atoms with Gasteiger partial charge in [0.25, 0.3) is 0 Å². The molecule has 2 aliphatic heterocycles. The minimum atomic E-state index is 0.652. The summed E-state index contributed by atoms with van der Waals surface area (Å²) < 4.78 is 5.46. The number of rotatable bonds is 5. The van der Waals surface area contributed by atoms with Crippen molar-refractivity contribution in [1.82, 2.24) is 15.1 Å². The van der Waals surface area contributed by atoms with Gasteiger partial charge in [-0.25, -0.2) is 0 Å². The fourth-order valence-electron chi connectivity index (χ4n) is 3.43. The molecule has 1 N–H and O–H groups in total. The molecule has 2 fully saturated rings. The highest BCUT2D eigenvalue weighted by Crippen LogP contribution is 2.16. The largest absolute Gasteiger partial charge is 0.381 e.